The number of methoxy groups -OCH3 is 2. The number of hydrogen-bond acceptors (Lipinski definition) is 8. The van der Waals surface area contributed by atoms with Gasteiger partial charge in [0.25, 0.3) is 5.56 Å². The molecule has 1 aliphatic rings. The number of H-pyrrole nitrogens is 1. The lowest BCUT2D eigenvalue weighted by atomic mass is 9.97. The second-order valence-corrected chi connectivity index (χ2v) is 12.4. The summed E-state index contributed by atoms with van der Waals surface area (Å²) in [6.07, 6.45) is 0.428. The minimum atomic E-state index is -0.237. The van der Waals surface area contributed by atoms with Gasteiger partial charge in [-0.2, -0.15) is 10.2 Å². The third-order valence-electron chi connectivity index (χ3n) is 9.07. The number of nitrogens with one attached hydrogen (secondary N) is 1. The molecule has 0 unspecified atom stereocenters. The molecule has 2 aromatic heterocycles. The predicted octanol–water partition coefficient (Wildman–Crippen LogP) is 6.33. The van der Waals surface area contributed by atoms with Crippen molar-refractivity contribution in [3.05, 3.63) is 136 Å². The molecule has 1 saturated heterocycles. The highest BCUT2D eigenvalue weighted by Crippen LogP contribution is 2.40. The number of rotatable bonds is 13. The molecule has 0 radical (unpaired) electrons. The molecule has 1 N–H and O–H groups in total. The van der Waals surface area contributed by atoms with Crippen LogP contribution in [-0.2, 0) is 17.7 Å². The van der Waals surface area contributed by atoms with Gasteiger partial charge in [0.1, 0.15) is 29.5 Å². The molecule has 10 nitrogen and oxygen atoms in total. The van der Waals surface area contributed by atoms with Crippen molar-refractivity contribution in [3.63, 3.8) is 0 Å². The van der Waals surface area contributed by atoms with Gasteiger partial charge in [0, 0.05) is 42.7 Å². The summed E-state index contributed by atoms with van der Waals surface area (Å²) in [6.45, 7) is 5.21. The zero-order valence-corrected chi connectivity index (χ0v) is 28.9. The van der Waals surface area contributed by atoms with Crippen molar-refractivity contribution in [1.29, 1.82) is 0 Å². The van der Waals surface area contributed by atoms with Crippen LogP contribution in [-0.4, -0.2) is 78.6 Å². The smallest absolute Gasteiger partial charge is 0.267 e. The summed E-state index contributed by atoms with van der Waals surface area (Å²) in [4.78, 5) is 15.5. The molecule has 3 heterocycles. The third kappa shape index (κ3) is 8.03. The van der Waals surface area contributed by atoms with Gasteiger partial charge in [-0.1, -0.05) is 66.7 Å². The molecule has 0 amide bonds. The average molecular weight is 684 g/mol. The van der Waals surface area contributed by atoms with Crippen LogP contribution in [0, 0.1) is 0 Å². The SMILES string of the molecule is COc1ccc(Cc2cc(-c3c(-c4cccc(OCCN5CCOCC5)c4)nn(Cc4ccc(OC)cc4)c3-c3ccccc3)n[nH]c2=O)cc1. The van der Waals surface area contributed by atoms with Gasteiger partial charge in [-0.05, 0) is 53.6 Å². The Hall–Kier alpha value is -5.71. The Morgan fingerprint density at radius 2 is 1.45 bits per heavy atom. The van der Waals surface area contributed by atoms with E-state index in [9.17, 15) is 4.79 Å². The molecule has 0 atom stereocenters. The summed E-state index contributed by atoms with van der Waals surface area (Å²) >= 11 is 0. The van der Waals surface area contributed by atoms with E-state index >= 15 is 0 Å². The van der Waals surface area contributed by atoms with Gasteiger partial charge in [-0.3, -0.25) is 14.4 Å². The van der Waals surface area contributed by atoms with Crippen molar-refractivity contribution in [2.45, 2.75) is 13.0 Å². The molecule has 0 spiro atoms. The Kier molecular flexibility index (Phi) is 10.5. The largest absolute Gasteiger partial charge is 0.497 e. The fraction of sp³-hybridized carbons (Fsp3) is 0.244. The van der Waals surface area contributed by atoms with Crippen LogP contribution >= 0.6 is 0 Å². The van der Waals surface area contributed by atoms with Crippen molar-refractivity contribution in [2.75, 3.05) is 53.7 Å². The van der Waals surface area contributed by atoms with E-state index in [1.165, 1.54) is 0 Å². The molecule has 0 saturated carbocycles. The number of nitrogens with zero attached hydrogens (tertiary/aromatic N) is 4. The minimum Gasteiger partial charge on any atom is -0.497 e. The van der Waals surface area contributed by atoms with E-state index in [1.54, 1.807) is 14.2 Å². The van der Waals surface area contributed by atoms with Crippen molar-refractivity contribution >= 4 is 0 Å². The third-order valence-corrected chi connectivity index (χ3v) is 9.07. The Labute approximate surface area is 297 Å². The highest BCUT2D eigenvalue weighted by Gasteiger charge is 2.25. The molecule has 260 valence electrons. The second-order valence-electron chi connectivity index (χ2n) is 12.4. The van der Waals surface area contributed by atoms with Gasteiger partial charge < -0.3 is 18.9 Å². The first-order valence-electron chi connectivity index (χ1n) is 17.1. The van der Waals surface area contributed by atoms with Crippen LogP contribution in [0.3, 0.4) is 0 Å². The zero-order valence-electron chi connectivity index (χ0n) is 28.9. The molecule has 0 aliphatic carbocycles. The molecule has 1 fully saturated rings. The summed E-state index contributed by atoms with van der Waals surface area (Å²) in [5, 5.41) is 12.7. The second kappa shape index (κ2) is 15.9. The summed E-state index contributed by atoms with van der Waals surface area (Å²) in [5.74, 6) is 2.31. The summed E-state index contributed by atoms with van der Waals surface area (Å²) < 4.78 is 24.5. The minimum absolute atomic E-state index is 0.237. The van der Waals surface area contributed by atoms with E-state index in [0.29, 0.717) is 30.8 Å². The van der Waals surface area contributed by atoms with Gasteiger partial charge in [0.05, 0.1) is 50.9 Å². The van der Waals surface area contributed by atoms with Gasteiger partial charge >= 0.3 is 0 Å². The number of ether oxygens (including phenoxy) is 4. The van der Waals surface area contributed by atoms with Gasteiger partial charge in [0.15, 0.2) is 0 Å². The van der Waals surface area contributed by atoms with Crippen molar-refractivity contribution in [2.24, 2.45) is 0 Å². The molecule has 6 aromatic rings. The highest BCUT2D eigenvalue weighted by molar-refractivity contribution is 5.90. The van der Waals surface area contributed by atoms with Gasteiger partial charge in [0.2, 0.25) is 0 Å². The van der Waals surface area contributed by atoms with Crippen molar-refractivity contribution in [3.8, 4) is 51.0 Å². The van der Waals surface area contributed by atoms with Crippen LogP contribution in [0.1, 0.15) is 16.7 Å². The monoisotopic (exact) mass is 683 g/mol. The lowest BCUT2D eigenvalue weighted by Crippen LogP contribution is -2.38. The quantitative estimate of drug-likeness (QED) is 0.151. The molecular weight excluding hydrogens is 642 g/mol. The Morgan fingerprint density at radius 1 is 0.765 bits per heavy atom. The summed E-state index contributed by atoms with van der Waals surface area (Å²) in [6, 6.07) is 35.8. The normalized spacial score (nSPS) is 13.2. The fourth-order valence-electron chi connectivity index (χ4n) is 6.33. The van der Waals surface area contributed by atoms with E-state index in [2.05, 4.69) is 27.2 Å². The standard InChI is InChI=1S/C41H41N5O5/c1-48-34-15-11-29(12-16-34)25-33-27-37(42-43-41(33)47)38-39(32-9-6-10-36(26-32)51-24-21-45-19-22-50-23-20-45)44-46(40(38)31-7-4-3-5-8-31)28-30-13-17-35(49-2)18-14-30/h3-18,26-27H,19-25,28H2,1-2H3,(H,43,47). The lowest BCUT2D eigenvalue weighted by molar-refractivity contribution is 0.0322. The number of benzene rings is 4. The molecule has 0 bridgehead atoms. The maximum absolute atomic E-state index is 13.2. The first-order valence-corrected chi connectivity index (χ1v) is 17.1. The van der Waals surface area contributed by atoms with E-state index in [1.807, 2.05) is 102 Å². The molecule has 1 aliphatic heterocycles. The van der Waals surface area contributed by atoms with Crippen molar-refractivity contribution in [1.82, 2.24) is 24.9 Å². The topological polar surface area (TPSA) is 104 Å². The molecule has 7 rings (SSSR count). The molecular formula is C41H41N5O5. The van der Waals surface area contributed by atoms with E-state index < -0.39 is 0 Å². The maximum Gasteiger partial charge on any atom is 0.267 e. The Bertz CT molecular complexity index is 2100. The van der Waals surface area contributed by atoms with Crippen LogP contribution < -0.4 is 19.8 Å². The van der Waals surface area contributed by atoms with E-state index in [0.717, 1.165) is 89.3 Å². The number of aromatic nitrogens is 4. The first kappa shape index (κ1) is 33.8. The van der Waals surface area contributed by atoms with Gasteiger partial charge in [-0.15, -0.1) is 0 Å². The fourth-order valence-corrected chi connectivity index (χ4v) is 6.33. The first-order chi connectivity index (χ1) is 25.1. The summed E-state index contributed by atoms with van der Waals surface area (Å²) in [5.41, 5.74) is 7.30. The Morgan fingerprint density at radius 3 is 2.16 bits per heavy atom. The van der Waals surface area contributed by atoms with E-state index in [-0.39, 0.29) is 5.56 Å². The van der Waals surface area contributed by atoms with Crippen LogP contribution in [0.2, 0.25) is 0 Å². The highest BCUT2D eigenvalue weighted by atomic mass is 16.5. The number of morpholine rings is 1. The lowest BCUT2D eigenvalue weighted by Gasteiger charge is -2.26. The van der Waals surface area contributed by atoms with E-state index in [4.69, 9.17) is 24.0 Å². The molecule has 10 heteroatoms. The predicted molar refractivity (Wildman–Crippen MR) is 198 cm³/mol. The van der Waals surface area contributed by atoms with Crippen LogP contribution in [0.25, 0.3) is 33.8 Å². The molecule has 4 aromatic carbocycles. The van der Waals surface area contributed by atoms with Crippen LogP contribution in [0.5, 0.6) is 17.2 Å². The Balaban J connectivity index is 1.33. The molecule has 51 heavy (non-hydrogen) atoms. The van der Waals surface area contributed by atoms with Crippen LogP contribution in [0.4, 0.5) is 0 Å². The number of aromatic amines is 1. The summed E-state index contributed by atoms with van der Waals surface area (Å²) in [7, 11) is 3.30. The van der Waals surface area contributed by atoms with Crippen LogP contribution in [0.15, 0.2) is 114 Å². The number of hydrogen-bond donors (Lipinski definition) is 1. The maximum atomic E-state index is 13.2. The van der Waals surface area contributed by atoms with Gasteiger partial charge in [-0.25, -0.2) is 5.10 Å². The average Bonchev–Trinajstić information content (AvgIpc) is 3.56. The van der Waals surface area contributed by atoms with Crippen molar-refractivity contribution < 1.29 is 18.9 Å². The zero-order chi connectivity index (χ0) is 35.0.